The molecule has 0 atom stereocenters. The highest BCUT2D eigenvalue weighted by Crippen LogP contribution is 2.26. The summed E-state index contributed by atoms with van der Waals surface area (Å²) < 4.78 is 0. The monoisotopic (exact) mass is 295 g/mol. The minimum absolute atomic E-state index is 0.115. The molecule has 2 aromatic rings. The molecule has 0 aliphatic carbocycles. The molecule has 0 radical (unpaired) electrons. The highest BCUT2D eigenvalue weighted by atomic mass is 32.1. The lowest BCUT2D eigenvalue weighted by Crippen LogP contribution is -2.11. The van der Waals surface area contributed by atoms with Gasteiger partial charge >= 0.3 is 0 Å². The Kier molecular flexibility index (Phi) is 4.01. The number of amides is 1. The van der Waals surface area contributed by atoms with E-state index in [-0.39, 0.29) is 5.91 Å². The van der Waals surface area contributed by atoms with Crippen LogP contribution in [0, 0.1) is 20.8 Å². The van der Waals surface area contributed by atoms with Crippen molar-refractivity contribution in [1.82, 2.24) is 9.97 Å². The van der Waals surface area contributed by atoms with E-state index >= 15 is 0 Å². The molecular weight excluding hydrogens is 278 g/mol. The summed E-state index contributed by atoms with van der Waals surface area (Å²) in [5.74, 6) is 0.227. The van der Waals surface area contributed by atoms with E-state index in [2.05, 4.69) is 29.1 Å². The van der Waals surface area contributed by atoms with Gasteiger partial charge in [0, 0.05) is 10.8 Å². The minimum atomic E-state index is -0.115. The first-order valence-corrected chi connectivity index (χ1v) is 7.74. The van der Waals surface area contributed by atoms with Gasteiger partial charge in [-0.05, 0) is 20.8 Å². The Bertz CT molecular complexity index is 594. The molecule has 0 unspecified atom stereocenters. The predicted octanol–water partition coefficient (Wildman–Crippen LogP) is 3.90. The fourth-order valence-corrected chi connectivity index (χ4v) is 3.33. The third-order valence-electron chi connectivity index (χ3n) is 2.76. The van der Waals surface area contributed by atoms with E-state index in [0.717, 1.165) is 21.3 Å². The van der Waals surface area contributed by atoms with Crippen LogP contribution in [-0.2, 0) is 0 Å². The van der Waals surface area contributed by atoms with Crippen LogP contribution in [-0.4, -0.2) is 15.9 Å². The van der Waals surface area contributed by atoms with Crippen molar-refractivity contribution in [3.8, 4) is 0 Å². The highest BCUT2D eigenvalue weighted by molar-refractivity contribution is 7.16. The first kappa shape index (κ1) is 14.1. The van der Waals surface area contributed by atoms with Crippen molar-refractivity contribution in [2.75, 3.05) is 5.32 Å². The number of nitrogens with zero attached hydrogens (tertiary/aromatic N) is 2. The van der Waals surface area contributed by atoms with Crippen molar-refractivity contribution in [3.63, 3.8) is 0 Å². The van der Waals surface area contributed by atoms with Crippen LogP contribution in [0.5, 0.6) is 0 Å². The lowest BCUT2D eigenvalue weighted by atomic mass is 10.2. The Labute approximate surface area is 120 Å². The Morgan fingerprint density at radius 3 is 2.26 bits per heavy atom. The fraction of sp³-hybridized carbons (Fsp3) is 0.462. The number of aromatic nitrogens is 2. The molecule has 0 saturated heterocycles. The molecule has 1 amide bonds. The SMILES string of the molecule is Cc1nc(NC(=O)c2sc(C(C)C)nc2C)sc1C. The molecular formula is C13H17N3OS2. The molecule has 4 nitrogen and oxygen atoms in total. The topological polar surface area (TPSA) is 54.9 Å². The van der Waals surface area contributed by atoms with Gasteiger partial charge in [0.05, 0.1) is 16.4 Å². The van der Waals surface area contributed by atoms with Crippen molar-refractivity contribution < 1.29 is 4.79 Å². The van der Waals surface area contributed by atoms with E-state index in [1.54, 1.807) is 0 Å². The number of aryl methyl sites for hydroxylation is 3. The molecule has 0 spiro atoms. The van der Waals surface area contributed by atoms with E-state index in [1.807, 2.05) is 20.8 Å². The van der Waals surface area contributed by atoms with Gasteiger partial charge < -0.3 is 0 Å². The van der Waals surface area contributed by atoms with Gasteiger partial charge in [-0.2, -0.15) is 0 Å². The maximum atomic E-state index is 12.2. The first-order valence-electron chi connectivity index (χ1n) is 6.11. The average Bonchev–Trinajstić information content (AvgIpc) is 2.83. The standard InChI is InChI=1S/C13H17N3OS2/c1-6(2)12-14-8(4)10(19-12)11(17)16-13-15-7(3)9(5)18-13/h6H,1-5H3,(H,15,16,17). The summed E-state index contributed by atoms with van der Waals surface area (Å²) in [6.45, 7) is 9.96. The van der Waals surface area contributed by atoms with Gasteiger partial charge in [0.2, 0.25) is 0 Å². The van der Waals surface area contributed by atoms with E-state index in [0.29, 0.717) is 15.9 Å². The smallest absolute Gasteiger partial charge is 0.269 e. The van der Waals surface area contributed by atoms with Gasteiger partial charge in [0.15, 0.2) is 5.13 Å². The van der Waals surface area contributed by atoms with Gasteiger partial charge in [-0.3, -0.25) is 10.1 Å². The molecule has 0 bridgehead atoms. The summed E-state index contributed by atoms with van der Waals surface area (Å²) in [5, 5.41) is 4.50. The van der Waals surface area contributed by atoms with Crippen LogP contribution in [0.25, 0.3) is 0 Å². The number of nitrogens with one attached hydrogen (secondary N) is 1. The van der Waals surface area contributed by atoms with Crippen molar-refractivity contribution in [3.05, 3.63) is 26.1 Å². The van der Waals surface area contributed by atoms with Crippen molar-refractivity contribution in [1.29, 1.82) is 0 Å². The van der Waals surface area contributed by atoms with Crippen LogP contribution in [0.1, 0.15) is 50.7 Å². The predicted molar refractivity (Wildman–Crippen MR) is 80.5 cm³/mol. The van der Waals surface area contributed by atoms with Crippen LogP contribution in [0.4, 0.5) is 5.13 Å². The molecule has 0 saturated carbocycles. The third kappa shape index (κ3) is 3.01. The van der Waals surface area contributed by atoms with Crippen molar-refractivity contribution in [2.24, 2.45) is 0 Å². The molecule has 19 heavy (non-hydrogen) atoms. The summed E-state index contributed by atoms with van der Waals surface area (Å²) in [5.41, 5.74) is 1.75. The molecule has 0 aliphatic rings. The van der Waals surface area contributed by atoms with Gasteiger partial charge in [0.25, 0.3) is 5.91 Å². The Morgan fingerprint density at radius 2 is 1.79 bits per heavy atom. The van der Waals surface area contributed by atoms with Crippen LogP contribution >= 0.6 is 22.7 Å². The lowest BCUT2D eigenvalue weighted by molar-refractivity contribution is 0.103. The summed E-state index contributed by atoms with van der Waals surface area (Å²) in [4.78, 5) is 22.8. The second kappa shape index (κ2) is 5.38. The molecule has 2 rings (SSSR count). The van der Waals surface area contributed by atoms with E-state index in [4.69, 9.17) is 0 Å². The Morgan fingerprint density at radius 1 is 1.11 bits per heavy atom. The number of carbonyl (C=O) groups excluding carboxylic acids is 1. The lowest BCUT2D eigenvalue weighted by Gasteiger charge is -1.99. The molecule has 0 aromatic carbocycles. The quantitative estimate of drug-likeness (QED) is 0.934. The average molecular weight is 295 g/mol. The molecule has 1 N–H and O–H groups in total. The third-order valence-corrected chi connectivity index (χ3v) is 5.21. The number of rotatable bonds is 3. The molecule has 0 fully saturated rings. The molecule has 0 aliphatic heterocycles. The van der Waals surface area contributed by atoms with Gasteiger partial charge in [-0.25, -0.2) is 9.97 Å². The van der Waals surface area contributed by atoms with Crippen molar-refractivity contribution >= 4 is 33.7 Å². The molecule has 2 heterocycles. The first-order chi connectivity index (χ1) is 8.88. The summed E-state index contributed by atoms with van der Waals surface area (Å²) in [6, 6.07) is 0. The van der Waals surface area contributed by atoms with Crippen LogP contribution in [0.3, 0.4) is 0 Å². The number of thiazole rings is 2. The highest BCUT2D eigenvalue weighted by Gasteiger charge is 2.18. The molecule has 102 valence electrons. The fourth-order valence-electron chi connectivity index (χ4n) is 1.55. The van der Waals surface area contributed by atoms with E-state index < -0.39 is 0 Å². The number of carbonyl (C=O) groups is 1. The summed E-state index contributed by atoms with van der Waals surface area (Å²) >= 11 is 2.96. The summed E-state index contributed by atoms with van der Waals surface area (Å²) in [7, 11) is 0. The second-order valence-electron chi connectivity index (χ2n) is 4.74. The molecule has 6 heteroatoms. The normalized spacial score (nSPS) is 11.1. The van der Waals surface area contributed by atoms with E-state index in [9.17, 15) is 4.79 Å². The maximum absolute atomic E-state index is 12.2. The minimum Gasteiger partial charge on any atom is -0.297 e. The summed E-state index contributed by atoms with van der Waals surface area (Å²) in [6.07, 6.45) is 0. The number of anilines is 1. The number of hydrogen-bond donors (Lipinski definition) is 1. The molecule has 2 aromatic heterocycles. The second-order valence-corrected chi connectivity index (χ2v) is 6.97. The van der Waals surface area contributed by atoms with Gasteiger partial charge in [-0.1, -0.05) is 13.8 Å². The van der Waals surface area contributed by atoms with Gasteiger partial charge in [0.1, 0.15) is 4.88 Å². The number of hydrogen-bond acceptors (Lipinski definition) is 5. The largest absolute Gasteiger partial charge is 0.297 e. The Hall–Kier alpha value is -1.27. The van der Waals surface area contributed by atoms with Gasteiger partial charge in [-0.15, -0.1) is 22.7 Å². The zero-order valence-corrected chi connectivity index (χ0v) is 13.3. The van der Waals surface area contributed by atoms with Crippen molar-refractivity contribution in [2.45, 2.75) is 40.5 Å². The Balaban J connectivity index is 2.20. The zero-order chi connectivity index (χ0) is 14.2. The van der Waals surface area contributed by atoms with E-state index in [1.165, 1.54) is 22.7 Å². The van der Waals surface area contributed by atoms with Crippen LogP contribution in [0.15, 0.2) is 0 Å². The maximum Gasteiger partial charge on any atom is 0.269 e. The van der Waals surface area contributed by atoms with Crippen LogP contribution in [0.2, 0.25) is 0 Å². The van der Waals surface area contributed by atoms with Crippen LogP contribution < -0.4 is 5.32 Å². The zero-order valence-electron chi connectivity index (χ0n) is 11.7.